The molecule has 0 saturated carbocycles. The van der Waals surface area contributed by atoms with E-state index in [2.05, 4.69) is 14.2 Å². The highest BCUT2D eigenvalue weighted by Gasteiger charge is 2.45. The number of phosphoric acid groups is 1. The number of aromatic nitrogens is 2. The number of phosphoric ester groups is 1. The topological polar surface area (TPSA) is 247 Å². The molecule has 1 amide bonds. The minimum absolute atomic E-state index is 0.0476. The first-order valence-electron chi connectivity index (χ1n) is 10.5. The lowest BCUT2D eigenvalue weighted by Gasteiger charge is -2.20. The molecule has 1 aromatic heterocycles. The number of nitrogens with zero attached hydrogens (tertiary/aromatic N) is 1. The minimum Gasteiger partial charge on any atom is -0.392 e. The number of carbonyl (C=O) groups is 1. The molecular weight excluding hydrogens is 540 g/mol. The van der Waals surface area contributed by atoms with E-state index in [0.717, 1.165) is 16.8 Å². The minimum atomic E-state index is -5.25. The number of aliphatic hydroxyl groups is 3. The van der Waals surface area contributed by atoms with Crippen molar-refractivity contribution < 1.29 is 52.6 Å². The van der Waals surface area contributed by atoms with Gasteiger partial charge in [-0.05, 0) is 23.3 Å². The lowest BCUT2D eigenvalue weighted by molar-refractivity contribution is -0.114. The van der Waals surface area contributed by atoms with Gasteiger partial charge in [0.15, 0.2) is 6.23 Å². The van der Waals surface area contributed by atoms with Crippen LogP contribution >= 0.6 is 15.4 Å². The van der Waals surface area contributed by atoms with Gasteiger partial charge in [0.2, 0.25) is 5.91 Å². The Labute approximate surface area is 208 Å². The first-order chi connectivity index (χ1) is 17.2. The smallest absolute Gasteiger partial charge is 0.392 e. The van der Waals surface area contributed by atoms with Crippen LogP contribution in [0.3, 0.4) is 0 Å². The van der Waals surface area contributed by atoms with Crippen molar-refractivity contribution in [1.82, 2.24) is 9.55 Å². The van der Waals surface area contributed by atoms with Crippen molar-refractivity contribution in [2.24, 2.45) is 0 Å². The normalized spacial score (nSPS) is 24.8. The Morgan fingerprint density at radius 3 is 2.49 bits per heavy atom. The second kappa shape index (κ2) is 11.5. The SMILES string of the molecule is CC(=O)Nc1ccc(CO)c(CP(=O)(O)OP(=O)(O)OC[C@H]2O[C@@H](n3ccc(=O)[nH]c3=O)[C@@H](O)C2O)c1. The average Bonchev–Trinajstić information content (AvgIpc) is 3.05. The zero-order valence-corrected chi connectivity index (χ0v) is 21.0. The first kappa shape index (κ1) is 29.1. The van der Waals surface area contributed by atoms with Gasteiger partial charge in [0, 0.05) is 24.9 Å². The van der Waals surface area contributed by atoms with E-state index < -0.39 is 76.5 Å². The van der Waals surface area contributed by atoms with Crippen molar-refractivity contribution in [3.63, 3.8) is 0 Å². The Balaban J connectivity index is 1.67. The van der Waals surface area contributed by atoms with Crippen molar-refractivity contribution in [3.8, 4) is 0 Å². The van der Waals surface area contributed by atoms with E-state index >= 15 is 0 Å². The molecular formula is C19H25N3O13P2. The zero-order valence-electron chi connectivity index (χ0n) is 19.2. The molecule has 3 rings (SSSR count). The van der Waals surface area contributed by atoms with Gasteiger partial charge in [-0.3, -0.25) is 28.2 Å². The van der Waals surface area contributed by atoms with Gasteiger partial charge in [-0.1, -0.05) is 6.07 Å². The Morgan fingerprint density at radius 1 is 1.16 bits per heavy atom. The number of hydrogen-bond acceptors (Lipinski definition) is 11. The fourth-order valence-electron chi connectivity index (χ4n) is 3.53. The second-order valence-electron chi connectivity index (χ2n) is 8.03. The van der Waals surface area contributed by atoms with E-state index in [1.807, 2.05) is 4.98 Å². The summed E-state index contributed by atoms with van der Waals surface area (Å²) in [5.74, 6) is -0.423. The van der Waals surface area contributed by atoms with Crippen molar-refractivity contribution in [3.05, 3.63) is 62.4 Å². The predicted octanol–water partition coefficient (Wildman–Crippen LogP) is -0.874. The lowest BCUT2D eigenvalue weighted by Crippen LogP contribution is -2.37. The van der Waals surface area contributed by atoms with E-state index in [0.29, 0.717) is 0 Å². The molecule has 16 nitrogen and oxygen atoms in total. The number of amides is 1. The second-order valence-corrected chi connectivity index (χ2v) is 11.5. The van der Waals surface area contributed by atoms with Gasteiger partial charge >= 0.3 is 21.1 Å². The summed E-state index contributed by atoms with van der Waals surface area (Å²) in [6, 6.07) is 5.07. The van der Waals surface area contributed by atoms with Crippen LogP contribution in [0.5, 0.6) is 0 Å². The maximum atomic E-state index is 12.6. The molecule has 3 unspecified atom stereocenters. The Hall–Kier alpha value is -2.49. The molecule has 204 valence electrons. The zero-order chi connectivity index (χ0) is 27.5. The highest BCUT2D eigenvalue weighted by molar-refractivity contribution is 7.63. The van der Waals surface area contributed by atoms with Crippen LogP contribution in [-0.4, -0.2) is 65.5 Å². The molecule has 1 fully saturated rings. The fraction of sp³-hybridized carbons (Fsp3) is 0.421. The molecule has 1 aromatic carbocycles. The number of H-pyrrole nitrogens is 1. The molecule has 6 atom stereocenters. The van der Waals surface area contributed by atoms with E-state index in [1.54, 1.807) is 0 Å². The molecule has 2 aromatic rings. The van der Waals surface area contributed by atoms with Gasteiger partial charge in [-0.2, -0.15) is 0 Å². The van der Waals surface area contributed by atoms with Crippen LogP contribution in [0.1, 0.15) is 24.3 Å². The van der Waals surface area contributed by atoms with Crippen LogP contribution in [0, 0.1) is 0 Å². The summed E-state index contributed by atoms with van der Waals surface area (Å²) in [7, 11) is -10.1. The third-order valence-corrected chi connectivity index (χ3v) is 8.22. The number of aromatic amines is 1. The van der Waals surface area contributed by atoms with Gasteiger partial charge in [0.05, 0.1) is 19.4 Å². The number of nitrogens with one attached hydrogen (secondary N) is 2. The van der Waals surface area contributed by atoms with Gasteiger partial charge in [-0.25, -0.2) is 13.7 Å². The number of aliphatic hydroxyl groups excluding tert-OH is 3. The number of anilines is 1. The summed E-state index contributed by atoms with van der Waals surface area (Å²) < 4.78 is 40.2. The maximum absolute atomic E-state index is 12.6. The molecule has 0 bridgehead atoms. The summed E-state index contributed by atoms with van der Waals surface area (Å²) in [4.78, 5) is 56.5. The third kappa shape index (κ3) is 7.52. The van der Waals surface area contributed by atoms with Crippen LogP contribution in [0.2, 0.25) is 0 Å². The molecule has 1 aliphatic rings. The maximum Gasteiger partial charge on any atom is 0.479 e. The summed E-state index contributed by atoms with van der Waals surface area (Å²) in [5.41, 5.74) is -1.18. The highest BCUT2D eigenvalue weighted by atomic mass is 31.3. The largest absolute Gasteiger partial charge is 0.479 e. The fourth-order valence-corrected chi connectivity index (χ4v) is 6.30. The van der Waals surface area contributed by atoms with Crippen molar-refractivity contribution in [2.75, 3.05) is 11.9 Å². The first-order valence-corrected chi connectivity index (χ1v) is 13.8. The van der Waals surface area contributed by atoms with Crippen LogP contribution in [0.15, 0.2) is 40.1 Å². The van der Waals surface area contributed by atoms with Crippen LogP contribution in [0.25, 0.3) is 0 Å². The Morgan fingerprint density at radius 2 is 1.86 bits per heavy atom. The molecule has 1 aliphatic heterocycles. The van der Waals surface area contributed by atoms with Crippen LogP contribution < -0.4 is 16.6 Å². The van der Waals surface area contributed by atoms with Gasteiger partial charge in [-0.15, -0.1) is 0 Å². The van der Waals surface area contributed by atoms with E-state index in [1.165, 1.54) is 25.1 Å². The van der Waals surface area contributed by atoms with Crippen molar-refractivity contribution in [1.29, 1.82) is 0 Å². The number of hydrogen-bond donors (Lipinski definition) is 7. The molecule has 0 spiro atoms. The molecule has 18 heteroatoms. The van der Waals surface area contributed by atoms with Gasteiger partial charge in [0.1, 0.15) is 18.3 Å². The number of carbonyl (C=O) groups excluding carboxylic acids is 1. The number of benzene rings is 1. The Bertz CT molecular complexity index is 1360. The highest BCUT2D eigenvalue weighted by Crippen LogP contribution is 2.61. The van der Waals surface area contributed by atoms with E-state index in [4.69, 9.17) is 4.74 Å². The quantitative estimate of drug-likeness (QED) is 0.173. The molecule has 0 radical (unpaired) electrons. The van der Waals surface area contributed by atoms with Crippen LogP contribution in [-0.2, 0) is 40.3 Å². The number of rotatable bonds is 10. The summed E-state index contributed by atoms with van der Waals surface area (Å²) in [5, 5.41) is 32.3. The average molecular weight is 565 g/mol. The Kier molecular flexibility index (Phi) is 9.03. The van der Waals surface area contributed by atoms with E-state index in [9.17, 15) is 48.6 Å². The van der Waals surface area contributed by atoms with Crippen LogP contribution in [0.4, 0.5) is 5.69 Å². The lowest BCUT2D eigenvalue weighted by atomic mass is 10.1. The number of ether oxygens (including phenoxy) is 1. The molecule has 2 heterocycles. The molecule has 1 saturated heterocycles. The summed E-state index contributed by atoms with van der Waals surface area (Å²) >= 11 is 0. The van der Waals surface area contributed by atoms with E-state index in [-0.39, 0.29) is 16.8 Å². The van der Waals surface area contributed by atoms with Crippen molar-refractivity contribution >= 4 is 27.0 Å². The molecule has 37 heavy (non-hydrogen) atoms. The van der Waals surface area contributed by atoms with Gasteiger partial charge < -0.3 is 35.2 Å². The van der Waals surface area contributed by atoms with Crippen molar-refractivity contribution in [2.45, 2.75) is 44.2 Å². The predicted molar refractivity (Wildman–Crippen MR) is 124 cm³/mol. The molecule has 7 N–H and O–H groups in total. The standard InChI is InChI=1S/C19H25N3O13P2/c1-10(24)20-13-3-2-11(7-23)12(6-13)9-36(29,30)35-37(31,32)33-8-14-16(26)17(27)18(34-14)22-5-4-15(25)21-19(22)28/h2-6,14,16-18,23,26-27H,7-9H2,1H3,(H,20,24)(H,29,30)(H,31,32)(H,21,25,28)/t14-,16?,17+,18-/m1/s1. The molecule has 0 aliphatic carbocycles. The summed E-state index contributed by atoms with van der Waals surface area (Å²) in [6.45, 7) is -0.202. The third-order valence-electron chi connectivity index (χ3n) is 5.16. The monoisotopic (exact) mass is 565 g/mol. The van der Waals surface area contributed by atoms with Gasteiger partial charge in [0.25, 0.3) is 5.56 Å². The summed E-state index contributed by atoms with van der Waals surface area (Å²) in [6.07, 6.45) is -6.20.